The summed E-state index contributed by atoms with van der Waals surface area (Å²) in [5.74, 6) is -0.371. The van der Waals surface area contributed by atoms with E-state index in [1.807, 2.05) is 26.8 Å². The second-order valence-corrected chi connectivity index (χ2v) is 8.02. The van der Waals surface area contributed by atoms with Gasteiger partial charge in [-0.1, -0.05) is 15.9 Å². The Kier molecular flexibility index (Phi) is 6.32. The topological polar surface area (TPSA) is 67.9 Å². The monoisotopic (exact) mass is 412 g/mol. The van der Waals surface area contributed by atoms with Crippen molar-refractivity contribution in [3.63, 3.8) is 0 Å². The van der Waals surface area contributed by atoms with Gasteiger partial charge in [0.15, 0.2) is 0 Å². The second kappa shape index (κ2) is 8.08. The number of nitrogens with zero attached hydrogens (tertiary/aromatic N) is 1. The minimum absolute atomic E-state index is 0.235. The number of nitrogens with one attached hydrogen (secondary N) is 1. The summed E-state index contributed by atoms with van der Waals surface area (Å²) in [5.41, 5.74) is 0.864. The fourth-order valence-corrected chi connectivity index (χ4v) is 3.17. The van der Waals surface area contributed by atoms with Crippen molar-refractivity contribution in [2.75, 3.05) is 25.5 Å². The van der Waals surface area contributed by atoms with Crippen LogP contribution in [0.25, 0.3) is 0 Å². The number of hydrogen-bond acceptors (Lipinski definition) is 5. The van der Waals surface area contributed by atoms with Crippen LogP contribution in [0, 0.1) is 0 Å². The van der Waals surface area contributed by atoms with Gasteiger partial charge in [0.25, 0.3) is 0 Å². The van der Waals surface area contributed by atoms with Crippen LogP contribution in [-0.2, 0) is 9.47 Å². The van der Waals surface area contributed by atoms with Gasteiger partial charge in [-0.25, -0.2) is 9.59 Å². The Hall–Kier alpha value is -1.76. The van der Waals surface area contributed by atoms with Gasteiger partial charge in [-0.05, 0) is 51.8 Å². The number of carbonyl (C=O) groups excluding carboxylic acids is 2. The number of amides is 1. The molecule has 1 heterocycles. The number of piperidine rings is 1. The Morgan fingerprint density at radius 1 is 1.20 bits per heavy atom. The second-order valence-electron chi connectivity index (χ2n) is 7.11. The van der Waals surface area contributed by atoms with Crippen molar-refractivity contribution in [1.82, 2.24) is 4.90 Å². The molecule has 0 unspecified atom stereocenters. The number of hydrogen-bond donors (Lipinski definition) is 1. The summed E-state index contributed by atoms with van der Waals surface area (Å²) < 4.78 is 11.0. The number of methoxy groups -OCH3 is 1. The van der Waals surface area contributed by atoms with Crippen LogP contribution in [0.4, 0.5) is 10.5 Å². The number of anilines is 1. The number of carbonyl (C=O) groups is 2. The molecule has 138 valence electrons. The van der Waals surface area contributed by atoms with Gasteiger partial charge < -0.3 is 19.7 Å². The van der Waals surface area contributed by atoms with E-state index in [4.69, 9.17) is 9.47 Å². The molecule has 0 radical (unpaired) electrons. The molecule has 1 N–H and O–H groups in total. The molecule has 6 nitrogen and oxygen atoms in total. The van der Waals surface area contributed by atoms with Crippen LogP contribution in [0.5, 0.6) is 0 Å². The minimum atomic E-state index is -0.479. The maximum atomic E-state index is 12.1. The average Bonchev–Trinajstić information content (AvgIpc) is 2.52. The van der Waals surface area contributed by atoms with Gasteiger partial charge in [-0.3, -0.25) is 0 Å². The number of rotatable bonds is 3. The van der Waals surface area contributed by atoms with Gasteiger partial charge in [-0.15, -0.1) is 0 Å². The maximum Gasteiger partial charge on any atom is 0.410 e. The van der Waals surface area contributed by atoms with Crippen LogP contribution in [-0.4, -0.2) is 48.8 Å². The molecular formula is C18H25BrN2O4. The third kappa shape index (κ3) is 5.92. The summed E-state index contributed by atoms with van der Waals surface area (Å²) >= 11 is 3.41. The highest BCUT2D eigenvalue weighted by Gasteiger charge is 2.26. The zero-order valence-electron chi connectivity index (χ0n) is 15.1. The Labute approximate surface area is 157 Å². The number of benzene rings is 1. The summed E-state index contributed by atoms with van der Waals surface area (Å²) in [6, 6.07) is 5.66. The van der Waals surface area contributed by atoms with Crippen LogP contribution >= 0.6 is 15.9 Å². The minimum Gasteiger partial charge on any atom is -0.465 e. The lowest BCUT2D eigenvalue weighted by Crippen LogP contribution is -2.44. The summed E-state index contributed by atoms with van der Waals surface area (Å²) in [7, 11) is 1.36. The number of halogens is 1. The van der Waals surface area contributed by atoms with Crippen LogP contribution in [0.15, 0.2) is 22.7 Å². The molecule has 1 aliphatic rings. The Morgan fingerprint density at radius 3 is 2.40 bits per heavy atom. The number of ether oxygens (including phenoxy) is 2. The normalized spacial score (nSPS) is 15.6. The Balaban J connectivity index is 1.93. The molecule has 0 atom stereocenters. The van der Waals surface area contributed by atoms with Crippen molar-refractivity contribution >= 4 is 33.7 Å². The van der Waals surface area contributed by atoms with Gasteiger partial charge in [-0.2, -0.15) is 0 Å². The van der Waals surface area contributed by atoms with Crippen LogP contribution in [0.2, 0.25) is 0 Å². The van der Waals surface area contributed by atoms with Gasteiger partial charge in [0.1, 0.15) is 5.60 Å². The standard InChI is InChI=1S/C18H25BrN2O4/c1-18(2,3)25-17(23)21-7-5-14(6-8-21)20-15-10-12(16(22)24-4)9-13(19)11-15/h9-11,14,20H,5-8H2,1-4H3. The van der Waals surface area contributed by atoms with Crippen molar-refractivity contribution in [1.29, 1.82) is 0 Å². The summed E-state index contributed by atoms with van der Waals surface area (Å²) in [6.45, 7) is 6.89. The largest absolute Gasteiger partial charge is 0.465 e. The summed E-state index contributed by atoms with van der Waals surface area (Å²) in [6.07, 6.45) is 1.37. The zero-order valence-corrected chi connectivity index (χ0v) is 16.7. The van der Waals surface area contributed by atoms with E-state index >= 15 is 0 Å². The first kappa shape index (κ1) is 19.6. The summed E-state index contributed by atoms with van der Waals surface area (Å²) in [4.78, 5) is 25.6. The highest BCUT2D eigenvalue weighted by Crippen LogP contribution is 2.23. The predicted octanol–water partition coefficient (Wildman–Crippen LogP) is 4.05. The maximum absolute atomic E-state index is 12.1. The molecule has 7 heteroatoms. The highest BCUT2D eigenvalue weighted by molar-refractivity contribution is 9.10. The highest BCUT2D eigenvalue weighted by atomic mass is 79.9. The fraction of sp³-hybridized carbons (Fsp3) is 0.556. The average molecular weight is 413 g/mol. The van der Waals surface area contributed by atoms with Crippen molar-refractivity contribution in [2.45, 2.75) is 45.3 Å². The van der Waals surface area contributed by atoms with Crippen LogP contribution < -0.4 is 5.32 Å². The van der Waals surface area contributed by atoms with E-state index in [1.54, 1.807) is 17.0 Å². The van der Waals surface area contributed by atoms with E-state index in [0.717, 1.165) is 23.0 Å². The van der Waals surface area contributed by atoms with Gasteiger partial charge in [0, 0.05) is 29.3 Å². The fourth-order valence-electron chi connectivity index (χ4n) is 2.68. The SMILES string of the molecule is COC(=O)c1cc(Br)cc(NC2CCN(C(=O)OC(C)(C)C)CC2)c1. The molecule has 25 heavy (non-hydrogen) atoms. The molecule has 1 saturated heterocycles. The number of likely N-dealkylation sites (tertiary alicyclic amines) is 1. The van der Waals surface area contributed by atoms with Crippen molar-refractivity contribution in [2.24, 2.45) is 0 Å². The molecule has 0 aliphatic carbocycles. The molecule has 2 rings (SSSR count). The quantitative estimate of drug-likeness (QED) is 0.758. The van der Waals surface area contributed by atoms with E-state index < -0.39 is 5.60 Å². The van der Waals surface area contributed by atoms with Crippen molar-refractivity contribution in [3.05, 3.63) is 28.2 Å². The lowest BCUT2D eigenvalue weighted by molar-refractivity contribution is 0.0210. The van der Waals surface area contributed by atoms with Gasteiger partial charge >= 0.3 is 12.1 Å². The van der Waals surface area contributed by atoms with Crippen molar-refractivity contribution in [3.8, 4) is 0 Å². The number of esters is 1. The van der Waals surface area contributed by atoms with E-state index in [9.17, 15) is 9.59 Å². The Morgan fingerprint density at radius 2 is 1.84 bits per heavy atom. The van der Waals surface area contributed by atoms with E-state index in [-0.39, 0.29) is 18.1 Å². The zero-order chi connectivity index (χ0) is 18.6. The first-order chi connectivity index (χ1) is 11.7. The molecule has 1 amide bonds. The summed E-state index contributed by atoms with van der Waals surface area (Å²) in [5, 5.41) is 3.43. The molecule has 0 aromatic heterocycles. The molecule has 1 aliphatic heterocycles. The third-order valence-corrected chi connectivity index (χ3v) is 4.29. The molecule has 1 aromatic rings. The van der Waals surface area contributed by atoms with Crippen LogP contribution in [0.3, 0.4) is 0 Å². The van der Waals surface area contributed by atoms with Gasteiger partial charge in [0.2, 0.25) is 0 Å². The molecule has 1 fully saturated rings. The molecule has 1 aromatic carbocycles. The first-order valence-corrected chi connectivity index (χ1v) is 9.10. The molecular weight excluding hydrogens is 388 g/mol. The van der Waals surface area contributed by atoms with Gasteiger partial charge in [0.05, 0.1) is 12.7 Å². The van der Waals surface area contributed by atoms with Crippen LogP contribution in [0.1, 0.15) is 44.0 Å². The first-order valence-electron chi connectivity index (χ1n) is 8.31. The third-order valence-electron chi connectivity index (χ3n) is 3.84. The predicted molar refractivity (Wildman–Crippen MR) is 99.9 cm³/mol. The lowest BCUT2D eigenvalue weighted by atomic mass is 10.0. The van der Waals surface area contributed by atoms with E-state index in [2.05, 4.69) is 21.2 Å². The smallest absolute Gasteiger partial charge is 0.410 e. The lowest BCUT2D eigenvalue weighted by Gasteiger charge is -2.34. The van der Waals surface area contributed by atoms with E-state index in [0.29, 0.717) is 18.7 Å². The molecule has 0 saturated carbocycles. The van der Waals surface area contributed by atoms with E-state index in [1.165, 1.54) is 7.11 Å². The molecule has 0 spiro atoms. The molecule has 0 bridgehead atoms. The Bertz CT molecular complexity index is 634. The van der Waals surface area contributed by atoms with Crippen molar-refractivity contribution < 1.29 is 19.1 Å².